The monoisotopic (exact) mass is 318 g/mol. The molecule has 0 amide bonds. The number of hydrogen-bond donors (Lipinski definition) is 1. The van der Waals surface area contributed by atoms with Crippen LogP contribution >= 0.6 is 15.9 Å². The van der Waals surface area contributed by atoms with Crippen molar-refractivity contribution in [3.8, 4) is 11.5 Å². The van der Waals surface area contributed by atoms with E-state index in [9.17, 15) is 9.18 Å². The van der Waals surface area contributed by atoms with E-state index in [0.29, 0.717) is 28.1 Å². The Morgan fingerprint density at radius 3 is 2.72 bits per heavy atom. The zero-order chi connectivity index (χ0) is 13.7. The van der Waals surface area contributed by atoms with Crippen LogP contribution in [0.25, 0.3) is 6.08 Å². The normalized spacial score (nSPS) is 11.2. The molecule has 1 N–H and O–H groups in total. The van der Waals surface area contributed by atoms with Gasteiger partial charge in [0.05, 0.1) is 18.2 Å². The zero-order valence-corrected chi connectivity index (χ0v) is 11.5. The maximum atomic E-state index is 13.0. The fraction of sp³-hybridized carbons (Fsp3) is 0.250. The summed E-state index contributed by atoms with van der Waals surface area (Å²) in [4.78, 5) is 10.4. The highest BCUT2D eigenvalue weighted by Gasteiger charge is 2.12. The van der Waals surface area contributed by atoms with Crippen molar-refractivity contribution in [3.63, 3.8) is 0 Å². The van der Waals surface area contributed by atoms with Crippen LogP contribution in [0.4, 0.5) is 4.39 Å². The molecule has 98 valence electrons. The van der Waals surface area contributed by atoms with Crippen LogP contribution in [0.2, 0.25) is 0 Å². The molecule has 0 fully saturated rings. The molecule has 1 aromatic rings. The van der Waals surface area contributed by atoms with Crippen LogP contribution in [-0.2, 0) is 4.79 Å². The average Bonchev–Trinajstić information content (AvgIpc) is 2.29. The van der Waals surface area contributed by atoms with Crippen molar-refractivity contribution in [3.05, 3.63) is 28.0 Å². The molecule has 1 rings (SSSR count). The van der Waals surface area contributed by atoms with Gasteiger partial charge in [0, 0.05) is 0 Å². The highest BCUT2D eigenvalue weighted by Crippen LogP contribution is 2.37. The summed E-state index contributed by atoms with van der Waals surface area (Å²) in [5.74, 6) is -1.96. The summed E-state index contributed by atoms with van der Waals surface area (Å²) in [6.45, 7) is 2.21. The highest BCUT2D eigenvalue weighted by atomic mass is 79.9. The highest BCUT2D eigenvalue weighted by molar-refractivity contribution is 9.10. The molecule has 1 aromatic carbocycles. The summed E-state index contributed by atoms with van der Waals surface area (Å²) in [5, 5.41) is 8.48. The first kappa shape index (κ1) is 14.5. The number of methoxy groups -OCH3 is 1. The molecule has 0 saturated carbocycles. The molecule has 6 heteroatoms. The molecule has 4 nitrogen and oxygen atoms in total. The fourth-order valence-electron chi connectivity index (χ4n) is 1.34. The number of halogens is 2. The van der Waals surface area contributed by atoms with Crippen LogP contribution in [-0.4, -0.2) is 24.8 Å². The Kier molecular flexibility index (Phi) is 5.15. The average molecular weight is 319 g/mol. The molecule has 0 saturated heterocycles. The lowest BCUT2D eigenvalue weighted by atomic mass is 10.2. The molecule has 0 radical (unpaired) electrons. The van der Waals surface area contributed by atoms with Crippen LogP contribution in [0, 0.1) is 0 Å². The molecule has 0 aliphatic rings. The Bertz CT molecular complexity index is 485. The third-order valence-electron chi connectivity index (χ3n) is 2.03. The summed E-state index contributed by atoms with van der Waals surface area (Å²) in [6, 6.07) is 3.06. The van der Waals surface area contributed by atoms with Crippen LogP contribution in [0.1, 0.15) is 12.5 Å². The summed E-state index contributed by atoms with van der Waals surface area (Å²) in [6.07, 6.45) is 0.912. The van der Waals surface area contributed by atoms with Gasteiger partial charge in [0.25, 0.3) is 0 Å². The maximum absolute atomic E-state index is 13.0. The van der Waals surface area contributed by atoms with Crippen molar-refractivity contribution in [1.82, 2.24) is 0 Å². The summed E-state index contributed by atoms with van der Waals surface area (Å²) in [5.41, 5.74) is 0.367. The predicted octanol–water partition coefficient (Wildman–Crippen LogP) is 3.25. The first-order chi connectivity index (χ1) is 8.49. The standard InChI is InChI=1S/C12H12BrFO4/c1-3-18-10-6-7(5-9(14)12(15)16)4-8(13)11(10)17-2/h4-6H,3H2,1-2H3,(H,15,16). The van der Waals surface area contributed by atoms with E-state index in [2.05, 4.69) is 15.9 Å². The van der Waals surface area contributed by atoms with E-state index in [1.165, 1.54) is 13.2 Å². The van der Waals surface area contributed by atoms with Gasteiger partial charge in [-0.15, -0.1) is 0 Å². The fourth-order valence-corrected chi connectivity index (χ4v) is 1.96. The number of carboxylic acids is 1. The molecule has 0 bridgehead atoms. The van der Waals surface area contributed by atoms with Gasteiger partial charge in [-0.05, 0) is 46.6 Å². The van der Waals surface area contributed by atoms with Crippen molar-refractivity contribution in [2.75, 3.05) is 13.7 Å². The predicted molar refractivity (Wildman–Crippen MR) is 68.6 cm³/mol. The van der Waals surface area contributed by atoms with Crippen molar-refractivity contribution in [2.24, 2.45) is 0 Å². The first-order valence-electron chi connectivity index (χ1n) is 5.10. The number of carbonyl (C=O) groups is 1. The van der Waals surface area contributed by atoms with Crippen LogP contribution in [0.15, 0.2) is 22.4 Å². The molecule has 0 aliphatic heterocycles. The van der Waals surface area contributed by atoms with Gasteiger partial charge in [0.2, 0.25) is 5.83 Å². The molecule has 0 heterocycles. The van der Waals surface area contributed by atoms with Gasteiger partial charge in [-0.1, -0.05) is 0 Å². The second-order valence-electron chi connectivity index (χ2n) is 3.26. The van der Waals surface area contributed by atoms with Gasteiger partial charge in [0.15, 0.2) is 11.5 Å². The second-order valence-corrected chi connectivity index (χ2v) is 4.12. The third-order valence-corrected chi connectivity index (χ3v) is 2.62. The maximum Gasteiger partial charge on any atom is 0.364 e. The Morgan fingerprint density at radius 2 is 2.22 bits per heavy atom. The lowest BCUT2D eigenvalue weighted by Gasteiger charge is -2.11. The Balaban J connectivity index is 3.24. The number of ether oxygens (including phenoxy) is 2. The minimum absolute atomic E-state index is 0.367. The number of aliphatic carboxylic acids is 1. The Labute approximate surface area is 112 Å². The van der Waals surface area contributed by atoms with E-state index in [4.69, 9.17) is 14.6 Å². The number of rotatable bonds is 5. The number of hydrogen-bond acceptors (Lipinski definition) is 3. The molecular weight excluding hydrogens is 307 g/mol. The van der Waals surface area contributed by atoms with Crippen LogP contribution < -0.4 is 9.47 Å². The van der Waals surface area contributed by atoms with Gasteiger partial charge in [-0.3, -0.25) is 0 Å². The van der Waals surface area contributed by atoms with Gasteiger partial charge >= 0.3 is 5.97 Å². The SMILES string of the molecule is CCOc1cc(C=C(F)C(=O)O)cc(Br)c1OC. The minimum Gasteiger partial charge on any atom is -0.492 e. The first-order valence-corrected chi connectivity index (χ1v) is 5.89. The summed E-state index contributed by atoms with van der Waals surface area (Å²) in [7, 11) is 1.48. The topological polar surface area (TPSA) is 55.8 Å². The van der Waals surface area contributed by atoms with Crippen molar-refractivity contribution in [2.45, 2.75) is 6.92 Å². The summed E-state index contributed by atoms with van der Waals surface area (Å²) < 4.78 is 24.0. The van der Waals surface area contributed by atoms with Crippen molar-refractivity contribution < 1.29 is 23.8 Å². The van der Waals surface area contributed by atoms with Crippen molar-refractivity contribution >= 4 is 28.0 Å². The lowest BCUT2D eigenvalue weighted by Crippen LogP contribution is -1.98. The lowest BCUT2D eigenvalue weighted by molar-refractivity contribution is -0.134. The van der Waals surface area contributed by atoms with Gasteiger partial charge in [-0.25, -0.2) is 4.79 Å². The second kappa shape index (κ2) is 6.39. The van der Waals surface area contributed by atoms with E-state index in [0.717, 1.165) is 6.08 Å². The quantitative estimate of drug-likeness (QED) is 0.847. The number of benzene rings is 1. The van der Waals surface area contributed by atoms with Crippen LogP contribution in [0.5, 0.6) is 11.5 Å². The van der Waals surface area contributed by atoms with Gasteiger partial charge in [0.1, 0.15) is 0 Å². The van der Waals surface area contributed by atoms with E-state index in [-0.39, 0.29) is 0 Å². The summed E-state index contributed by atoms with van der Waals surface area (Å²) >= 11 is 3.25. The van der Waals surface area contributed by atoms with Crippen LogP contribution in [0.3, 0.4) is 0 Å². The minimum atomic E-state index is -1.61. The van der Waals surface area contributed by atoms with E-state index in [1.54, 1.807) is 13.0 Å². The molecular formula is C12H12BrFO4. The largest absolute Gasteiger partial charge is 0.492 e. The Hall–Kier alpha value is -1.56. The Morgan fingerprint density at radius 1 is 1.56 bits per heavy atom. The smallest absolute Gasteiger partial charge is 0.364 e. The van der Waals surface area contributed by atoms with Crippen molar-refractivity contribution in [1.29, 1.82) is 0 Å². The molecule has 0 unspecified atom stereocenters. The zero-order valence-electron chi connectivity index (χ0n) is 9.87. The molecule has 0 spiro atoms. The number of carboxylic acid groups (broad SMARTS) is 1. The molecule has 18 heavy (non-hydrogen) atoms. The van der Waals surface area contributed by atoms with E-state index < -0.39 is 11.8 Å². The molecule has 0 aliphatic carbocycles. The van der Waals surface area contributed by atoms with E-state index >= 15 is 0 Å². The van der Waals surface area contributed by atoms with Gasteiger partial charge < -0.3 is 14.6 Å². The van der Waals surface area contributed by atoms with Gasteiger partial charge in [-0.2, -0.15) is 4.39 Å². The molecule has 0 atom stereocenters. The third kappa shape index (κ3) is 3.46. The molecule has 0 aromatic heterocycles. The van der Waals surface area contributed by atoms with E-state index in [1.807, 2.05) is 0 Å².